The molecule has 0 heterocycles. The second kappa shape index (κ2) is 16.0. The van der Waals surface area contributed by atoms with Crippen molar-refractivity contribution in [2.24, 2.45) is 10.8 Å². The summed E-state index contributed by atoms with van der Waals surface area (Å²) in [5.74, 6) is 6.78. The monoisotopic (exact) mass is 552 g/mol. The van der Waals surface area contributed by atoms with E-state index in [-0.39, 0.29) is 16.9 Å². The zero-order valence-corrected chi connectivity index (χ0v) is 27.7. The van der Waals surface area contributed by atoms with Gasteiger partial charge >= 0.3 is 0 Å². The molecule has 0 fully saturated rings. The smallest absolute Gasteiger partial charge is 0.0586 e. The Morgan fingerprint density at radius 2 is 1.54 bits per heavy atom. The molecule has 1 atom stereocenters. The first kappa shape index (κ1) is 34.4. The van der Waals surface area contributed by atoms with Gasteiger partial charge in [-0.25, -0.2) is 0 Å². The molecule has 2 rings (SSSR count). The molecule has 222 valence electrons. The lowest BCUT2D eigenvalue weighted by atomic mass is 9.72. The zero-order chi connectivity index (χ0) is 30.6. The summed E-state index contributed by atoms with van der Waals surface area (Å²) in [6.07, 6.45) is 29.0. The SMILES string of the molecule is CC1=C(C#C/C(C)=C/CC/C(C)=C/C=C/C=C(C)/C=C/C=C(C)/C=C/C2=C(C)CCCC2(C)C)C(C)(C)C[C@H](O)C1. The lowest BCUT2D eigenvalue weighted by molar-refractivity contribution is 0.117. The van der Waals surface area contributed by atoms with Crippen LogP contribution in [0, 0.1) is 22.7 Å². The Morgan fingerprint density at radius 3 is 2.22 bits per heavy atom. The number of hydrogen-bond donors (Lipinski definition) is 1. The highest BCUT2D eigenvalue weighted by molar-refractivity contribution is 5.44. The number of rotatable bonds is 9. The molecular formula is C40H56O. The summed E-state index contributed by atoms with van der Waals surface area (Å²) in [5.41, 5.74) is 10.7. The van der Waals surface area contributed by atoms with Crippen LogP contribution in [0.5, 0.6) is 0 Å². The van der Waals surface area contributed by atoms with Gasteiger partial charge in [-0.3, -0.25) is 0 Å². The molecular weight excluding hydrogens is 496 g/mol. The molecule has 0 aromatic heterocycles. The summed E-state index contributed by atoms with van der Waals surface area (Å²) in [4.78, 5) is 0. The maximum Gasteiger partial charge on any atom is 0.0586 e. The predicted octanol–water partition coefficient (Wildman–Crippen LogP) is 11.2. The molecule has 1 N–H and O–H groups in total. The van der Waals surface area contributed by atoms with Crippen LogP contribution in [0.15, 0.2) is 105 Å². The van der Waals surface area contributed by atoms with Gasteiger partial charge in [-0.1, -0.05) is 128 Å². The maximum atomic E-state index is 10.1. The number of allylic oxidation sites excluding steroid dienone is 17. The molecule has 1 heteroatoms. The molecule has 0 amide bonds. The van der Waals surface area contributed by atoms with E-state index in [4.69, 9.17) is 0 Å². The molecule has 2 aliphatic rings. The molecule has 0 spiro atoms. The van der Waals surface area contributed by atoms with Crippen molar-refractivity contribution >= 4 is 0 Å². The number of hydrogen-bond acceptors (Lipinski definition) is 1. The standard InChI is InChI=1S/C40H56O/c1-30(18-13-20-32(3)23-25-37-34(5)22-15-27-39(37,7)8)16-11-12-17-31(2)19-14-21-33(4)24-26-38-35(6)28-36(41)29-40(38,9)10/h11-13,16-18,20-21,23,25,36,41H,14-15,19,22,27-29H2,1-10H3/b12-11+,18-13+,25-23+,30-16+,31-17+,32-20+,33-21+/t36-/m1/s1. The summed E-state index contributed by atoms with van der Waals surface area (Å²) in [7, 11) is 0. The molecule has 1 nitrogen and oxygen atoms in total. The van der Waals surface area contributed by atoms with Crippen LogP contribution in [0.2, 0.25) is 0 Å². The molecule has 0 unspecified atom stereocenters. The Bertz CT molecular complexity index is 1260. The minimum atomic E-state index is -0.243. The van der Waals surface area contributed by atoms with E-state index in [2.05, 4.69) is 142 Å². The first-order chi connectivity index (χ1) is 19.2. The summed E-state index contributed by atoms with van der Waals surface area (Å²) in [6.45, 7) is 22.1. The first-order valence-electron chi connectivity index (χ1n) is 15.5. The molecule has 0 aromatic carbocycles. The van der Waals surface area contributed by atoms with E-state index in [1.807, 2.05) is 0 Å². The molecule has 0 aromatic rings. The van der Waals surface area contributed by atoms with Gasteiger partial charge in [-0.05, 0) is 103 Å². The van der Waals surface area contributed by atoms with Crippen molar-refractivity contribution in [3.05, 3.63) is 105 Å². The highest BCUT2D eigenvalue weighted by atomic mass is 16.3. The van der Waals surface area contributed by atoms with Crippen molar-refractivity contribution in [1.82, 2.24) is 0 Å². The third kappa shape index (κ3) is 11.9. The largest absolute Gasteiger partial charge is 0.393 e. The Hall–Kier alpha value is -2.82. The van der Waals surface area contributed by atoms with Gasteiger partial charge in [0.2, 0.25) is 0 Å². The van der Waals surface area contributed by atoms with Gasteiger partial charge in [0.25, 0.3) is 0 Å². The van der Waals surface area contributed by atoms with Gasteiger partial charge in [0.1, 0.15) is 0 Å². The quantitative estimate of drug-likeness (QED) is 0.223. The van der Waals surface area contributed by atoms with Gasteiger partial charge in [0, 0.05) is 11.0 Å². The zero-order valence-electron chi connectivity index (χ0n) is 27.7. The first-order valence-corrected chi connectivity index (χ1v) is 15.5. The average molecular weight is 553 g/mol. The van der Waals surface area contributed by atoms with Crippen LogP contribution in [0.25, 0.3) is 0 Å². The van der Waals surface area contributed by atoms with Crippen molar-refractivity contribution in [3.63, 3.8) is 0 Å². The van der Waals surface area contributed by atoms with Gasteiger partial charge in [0.05, 0.1) is 6.10 Å². The van der Waals surface area contributed by atoms with Crippen LogP contribution in [0.3, 0.4) is 0 Å². The van der Waals surface area contributed by atoms with E-state index in [1.165, 1.54) is 52.7 Å². The van der Waals surface area contributed by atoms with Crippen molar-refractivity contribution in [3.8, 4) is 11.8 Å². The fourth-order valence-electron chi connectivity index (χ4n) is 6.00. The third-order valence-corrected chi connectivity index (χ3v) is 8.39. The number of aliphatic hydroxyl groups excluding tert-OH is 1. The van der Waals surface area contributed by atoms with Crippen LogP contribution in [0.1, 0.15) is 114 Å². The van der Waals surface area contributed by atoms with E-state index in [0.717, 1.165) is 31.3 Å². The maximum absolute atomic E-state index is 10.1. The molecule has 0 saturated carbocycles. The summed E-state index contributed by atoms with van der Waals surface area (Å²) >= 11 is 0. The average Bonchev–Trinajstić information content (AvgIpc) is 2.84. The summed E-state index contributed by atoms with van der Waals surface area (Å²) in [6, 6.07) is 0. The van der Waals surface area contributed by atoms with Crippen molar-refractivity contribution in [2.45, 2.75) is 120 Å². The molecule has 0 bridgehead atoms. The fourth-order valence-corrected chi connectivity index (χ4v) is 6.00. The highest BCUT2D eigenvalue weighted by Gasteiger charge is 2.32. The van der Waals surface area contributed by atoms with Crippen LogP contribution in [0.4, 0.5) is 0 Å². The summed E-state index contributed by atoms with van der Waals surface area (Å²) in [5, 5.41) is 10.1. The topological polar surface area (TPSA) is 20.2 Å². The van der Waals surface area contributed by atoms with E-state index in [0.29, 0.717) is 0 Å². The Kier molecular flexibility index (Phi) is 13.4. The molecule has 0 radical (unpaired) electrons. The molecule has 0 saturated heterocycles. The predicted molar refractivity (Wildman–Crippen MR) is 182 cm³/mol. The van der Waals surface area contributed by atoms with Gasteiger partial charge < -0.3 is 5.11 Å². The number of aliphatic hydroxyl groups is 1. The van der Waals surface area contributed by atoms with Crippen LogP contribution in [-0.2, 0) is 0 Å². The van der Waals surface area contributed by atoms with Crippen LogP contribution < -0.4 is 0 Å². The minimum Gasteiger partial charge on any atom is -0.393 e. The van der Waals surface area contributed by atoms with Crippen molar-refractivity contribution in [1.29, 1.82) is 0 Å². The lowest BCUT2D eigenvalue weighted by Gasteiger charge is -2.34. The van der Waals surface area contributed by atoms with Gasteiger partial charge in [-0.15, -0.1) is 0 Å². The summed E-state index contributed by atoms with van der Waals surface area (Å²) < 4.78 is 0. The molecule has 0 aliphatic heterocycles. The van der Waals surface area contributed by atoms with Crippen molar-refractivity contribution in [2.75, 3.05) is 0 Å². The van der Waals surface area contributed by atoms with E-state index in [1.54, 1.807) is 5.57 Å². The lowest BCUT2D eigenvalue weighted by Crippen LogP contribution is -2.28. The Labute approximate surface area is 253 Å². The van der Waals surface area contributed by atoms with Gasteiger partial charge in [0.15, 0.2) is 0 Å². The second-order valence-electron chi connectivity index (χ2n) is 13.6. The third-order valence-electron chi connectivity index (χ3n) is 8.39. The Morgan fingerprint density at radius 1 is 0.878 bits per heavy atom. The van der Waals surface area contributed by atoms with Crippen LogP contribution >= 0.6 is 0 Å². The fraction of sp³-hybridized carbons (Fsp3) is 0.500. The second-order valence-corrected chi connectivity index (χ2v) is 13.6. The van der Waals surface area contributed by atoms with Crippen LogP contribution in [-0.4, -0.2) is 11.2 Å². The normalized spacial score (nSPS) is 22.8. The van der Waals surface area contributed by atoms with E-state index < -0.39 is 0 Å². The highest BCUT2D eigenvalue weighted by Crippen LogP contribution is 2.41. The van der Waals surface area contributed by atoms with Crippen molar-refractivity contribution < 1.29 is 5.11 Å². The Balaban J connectivity index is 1.85. The minimum absolute atomic E-state index is 0.0560. The van der Waals surface area contributed by atoms with E-state index >= 15 is 0 Å². The molecule has 41 heavy (non-hydrogen) atoms. The van der Waals surface area contributed by atoms with Gasteiger partial charge in [-0.2, -0.15) is 0 Å². The molecule has 2 aliphatic carbocycles. The van der Waals surface area contributed by atoms with E-state index in [9.17, 15) is 5.11 Å².